The van der Waals surface area contributed by atoms with Crippen LogP contribution in [-0.2, 0) is 18.4 Å². The number of carbonyl (C=O) groups excluding carboxylic acids is 1. The number of hydrogen-bond acceptors (Lipinski definition) is 6. The lowest BCUT2D eigenvalue weighted by Crippen LogP contribution is -2.45. The number of nitrogens with one attached hydrogen (secondary N) is 1. The summed E-state index contributed by atoms with van der Waals surface area (Å²) in [4.78, 5) is 25.3. The van der Waals surface area contributed by atoms with Gasteiger partial charge in [-0.2, -0.15) is 0 Å². The molecule has 0 rings (SSSR count). The van der Waals surface area contributed by atoms with Gasteiger partial charge in [0.1, 0.15) is 13.2 Å². The monoisotopic (exact) mass is 811 g/mol. The van der Waals surface area contributed by atoms with E-state index in [2.05, 4.69) is 43.5 Å². The molecule has 0 bridgehead atoms. The molecule has 0 saturated carbocycles. The Morgan fingerprint density at radius 1 is 0.625 bits per heavy atom. The number of quaternary nitrogens is 1. The third kappa shape index (κ3) is 40.9. The van der Waals surface area contributed by atoms with Crippen LogP contribution < -0.4 is 10.2 Å². The maximum Gasteiger partial charge on any atom is 0.268 e. The number of aliphatic hydroxyl groups is 1. The maximum atomic E-state index is 12.9. The fourth-order valence-corrected chi connectivity index (χ4v) is 7.32. The standard InChI is InChI=1S/C47H91N2O6P/c1-6-8-10-12-14-16-18-20-22-24-26-28-30-32-34-36-38-40-46(50)45(44-55-56(52,53)54-43-42-49(3,4)5)48-47(51)41-39-37-35-33-31-29-27-25-23-21-19-17-15-13-11-9-7-2/h15,17,21,23,38,40,45-46,50H,6-14,16,18-20,22,24-37,39,41-44H2,1-5H3,(H-,48,51,52,53)/b17-15-,23-21-,40-38+. The fraction of sp³-hybridized carbons (Fsp3) is 0.851. The molecule has 56 heavy (non-hydrogen) atoms. The van der Waals surface area contributed by atoms with E-state index in [1.54, 1.807) is 6.08 Å². The van der Waals surface area contributed by atoms with Crippen LogP contribution in [0, 0.1) is 0 Å². The Morgan fingerprint density at radius 3 is 1.52 bits per heavy atom. The third-order valence-corrected chi connectivity index (χ3v) is 11.3. The summed E-state index contributed by atoms with van der Waals surface area (Å²) in [6, 6.07) is -0.889. The molecule has 9 heteroatoms. The quantitative estimate of drug-likeness (QED) is 0.0275. The molecule has 1 amide bonds. The van der Waals surface area contributed by atoms with Crippen LogP contribution in [0.25, 0.3) is 0 Å². The predicted molar refractivity (Wildman–Crippen MR) is 238 cm³/mol. The van der Waals surface area contributed by atoms with Crippen LogP contribution in [0.3, 0.4) is 0 Å². The Hall–Kier alpha value is -1.28. The number of rotatable bonds is 42. The smallest absolute Gasteiger partial charge is 0.268 e. The van der Waals surface area contributed by atoms with Crippen molar-refractivity contribution in [1.82, 2.24) is 5.32 Å². The largest absolute Gasteiger partial charge is 0.756 e. The van der Waals surface area contributed by atoms with E-state index in [-0.39, 0.29) is 19.1 Å². The molecule has 0 aliphatic rings. The first kappa shape index (κ1) is 54.7. The summed E-state index contributed by atoms with van der Waals surface area (Å²) in [5.74, 6) is -0.206. The number of phosphoric acid groups is 1. The minimum Gasteiger partial charge on any atom is -0.756 e. The summed E-state index contributed by atoms with van der Waals surface area (Å²) in [5.41, 5.74) is 0. The van der Waals surface area contributed by atoms with Crippen molar-refractivity contribution in [3.63, 3.8) is 0 Å². The Labute approximate surface area is 347 Å². The highest BCUT2D eigenvalue weighted by atomic mass is 31.2. The van der Waals surface area contributed by atoms with Crippen LogP contribution in [0.5, 0.6) is 0 Å². The SMILES string of the molecule is CCCCC/C=C\C/C=C\CCCCCCCCCC(=O)NC(COP(=O)([O-])OCC[N+](C)(C)C)C(O)/C=C/CCCCCCCCCCCCCCCCC. The van der Waals surface area contributed by atoms with Crippen molar-refractivity contribution in [3.05, 3.63) is 36.5 Å². The topological polar surface area (TPSA) is 108 Å². The predicted octanol–water partition coefficient (Wildman–Crippen LogP) is 12.5. The molecule has 2 N–H and O–H groups in total. The number of allylic oxidation sites excluding steroid dienone is 5. The van der Waals surface area contributed by atoms with Crippen molar-refractivity contribution in [2.75, 3.05) is 40.9 Å². The number of hydrogen-bond donors (Lipinski definition) is 2. The maximum absolute atomic E-state index is 12.9. The molecule has 0 saturated heterocycles. The average molecular weight is 811 g/mol. The summed E-state index contributed by atoms with van der Waals surface area (Å²) in [5, 5.41) is 13.8. The van der Waals surface area contributed by atoms with E-state index in [9.17, 15) is 19.4 Å². The van der Waals surface area contributed by atoms with Gasteiger partial charge in [0.15, 0.2) is 0 Å². The van der Waals surface area contributed by atoms with Crippen LogP contribution >= 0.6 is 7.82 Å². The van der Waals surface area contributed by atoms with Crippen molar-refractivity contribution < 1.29 is 32.9 Å². The normalized spacial score (nSPS) is 14.6. The zero-order chi connectivity index (χ0) is 41.4. The van der Waals surface area contributed by atoms with E-state index in [0.717, 1.165) is 57.8 Å². The molecule has 0 aromatic heterocycles. The zero-order valence-corrected chi connectivity index (χ0v) is 38.2. The molecule has 3 atom stereocenters. The minimum absolute atomic E-state index is 0.00279. The molecular weight excluding hydrogens is 719 g/mol. The number of aliphatic hydroxyl groups excluding tert-OH is 1. The summed E-state index contributed by atoms with van der Waals surface area (Å²) in [7, 11) is 1.25. The molecule has 330 valence electrons. The van der Waals surface area contributed by atoms with Gasteiger partial charge in [0.25, 0.3) is 7.82 Å². The highest BCUT2D eigenvalue weighted by molar-refractivity contribution is 7.45. The van der Waals surface area contributed by atoms with Gasteiger partial charge in [0.05, 0.1) is 39.9 Å². The van der Waals surface area contributed by atoms with Gasteiger partial charge in [0, 0.05) is 6.42 Å². The second-order valence-corrected chi connectivity index (χ2v) is 18.5. The highest BCUT2D eigenvalue weighted by Crippen LogP contribution is 2.38. The van der Waals surface area contributed by atoms with Gasteiger partial charge in [-0.05, 0) is 51.4 Å². The van der Waals surface area contributed by atoms with E-state index >= 15 is 0 Å². The molecule has 0 spiro atoms. The molecule has 8 nitrogen and oxygen atoms in total. The van der Waals surface area contributed by atoms with Gasteiger partial charge in [-0.3, -0.25) is 9.36 Å². The summed E-state index contributed by atoms with van der Waals surface area (Å²) in [6.45, 7) is 4.62. The van der Waals surface area contributed by atoms with Crippen LogP contribution in [0.1, 0.15) is 206 Å². The number of nitrogens with zero attached hydrogens (tertiary/aromatic N) is 1. The van der Waals surface area contributed by atoms with Gasteiger partial charge >= 0.3 is 0 Å². The molecule has 0 heterocycles. The summed E-state index contributed by atoms with van der Waals surface area (Å²) in [6.07, 6.45) is 47.5. The number of likely N-dealkylation sites (N-methyl/N-ethyl adjacent to an activating group) is 1. The lowest BCUT2D eigenvalue weighted by Gasteiger charge is -2.29. The minimum atomic E-state index is -4.59. The Morgan fingerprint density at radius 2 is 1.04 bits per heavy atom. The van der Waals surface area contributed by atoms with Crippen molar-refractivity contribution in [2.24, 2.45) is 0 Å². The van der Waals surface area contributed by atoms with Gasteiger partial charge in [-0.15, -0.1) is 0 Å². The molecular formula is C47H91N2O6P. The van der Waals surface area contributed by atoms with Gasteiger partial charge < -0.3 is 28.8 Å². The molecule has 3 unspecified atom stereocenters. The average Bonchev–Trinajstić information content (AvgIpc) is 3.15. The van der Waals surface area contributed by atoms with Gasteiger partial charge in [-0.1, -0.05) is 185 Å². The molecule has 0 aliphatic carbocycles. The highest BCUT2D eigenvalue weighted by Gasteiger charge is 2.23. The Bertz CT molecular complexity index is 1010. The molecule has 0 aromatic carbocycles. The fourth-order valence-electron chi connectivity index (χ4n) is 6.59. The van der Waals surface area contributed by atoms with Crippen molar-refractivity contribution in [2.45, 2.75) is 219 Å². The van der Waals surface area contributed by atoms with Crippen molar-refractivity contribution in [1.29, 1.82) is 0 Å². The van der Waals surface area contributed by atoms with Gasteiger partial charge in [0.2, 0.25) is 5.91 Å². The molecule has 0 aliphatic heterocycles. The molecule has 0 aromatic rings. The van der Waals surface area contributed by atoms with E-state index in [0.29, 0.717) is 17.4 Å². The first-order chi connectivity index (χ1) is 27.0. The van der Waals surface area contributed by atoms with Gasteiger partial charge in [-0.25, -0.2) is 0 Å². The second kappa shape index (κ2) is 39.2. The second-order valence-electron chi connectivity index (χ2n) is 17.1. The van der Waals surface area contributed by atoms with E-state index in [1.165, 1.54) is 128 Å². The van der Waals surface area contributed by atoms with E-state index in [1.807, 2.05) is 27.2 Å². The lowest BCUT2D eigenvalue weighted by atomic mass is 10.0. The number of unbranched alkanes of at least 4 members (excludes halogenated alkanes) is 25. The van der Waals surface area contributed by atoms with Crippen LogP contribution in [-0.4, -0.2) is 68.5 Å². The number of amides is 1. The van der Waals surface area contributed by atoms with Crippen molar-refractivity contribution >= 4 is 13.7 Å². The Kier molecular flexibility index (Phi) is 38.3. The summed E-state index contributed by atoms with van der Waals surface area (Å²) >= 11 is 0. The zero-order valence-electron chi connectivity index (χ0n) is 37.3. The van der Waals surface area contributed by atoms with Crippen LogP contribution in [0.2, 0.25) is 0 Å². The first-order valence-electron chi connectivity index (χ1n) is 23.4. The van der Waals surface area contributed by atoms with E-state index in [4.69, 9.17) is 9.05 Å². The number of carbonyl (C=O) groups is 1. The Balaban J connectivity index is 4.41. The molecule has 0 fully saturated rings. The summed E-state index contributed by atoms with van der Waals surface area (Å²) < 4.78 is 23.2. The number of phosphoric ester groups is 1. The third-order valence-electron chi connectivity index (χ3n) is 10.3. The van der Waals surface area contributed by atoms with E-state index < -0.39 is 20.0 Å². The van der Waals surface area contributed by atoms with Crippen molar-refractivity contribution in [3.8, 4) is 0 Å². The first-order valence-corrected chi connectivity index (χ1v) is 24.8. The molecule has 0 radical (unpaired) electrons. The van der Waals surface area contributed by atoms with Crippen LogP contribution in [0.4, 0.5) is 0 Å². The lowest BCUT2D eigenvalue weighted by molar-refractivity contribution is -0.870. The van der Waals surface area contributed by atoms with Crippen LogP contribution in [0.15, 0.2) is 36.5 Å².